The van der Waals surface area contributed by atoms with Crippen LogP contribution in [-0.2, 0) is 5.67 Å². The van der Waals surface area contributed by atoms with E-state index in [9.17, 15) is 9.50 Å². The topological polar surface area (TPSA) is 20.2 Å². The maximum Gasteiger partial charge on any atom is 0.130 e. The molecular formula is C27H41FO. The molecule has 0 bridgehead atoms. The number of aliphatic hydroxyl groups excluding tert-OH is 1. The minimum atomic E-state index is -1.37. The molecule has 2 aromatic rings. The predicted octanol–water partition coefficient (Wildman–Crippen LogP) is 7.91. The first-order valence-electron chi connectivity index (χ1n) is 11.3. The van der Waals surface area contributed by atoms with E-state index in [1.165, 1.54) is 5.56 Å². The summed E-state index contributed by atoms with van der Waals surface area (Å²) in [5.41, 5.74) is 2.89. The van der Waals surface area contributed by atoms with Crippen molar-refractivity contribution in [3.63, 3.8) is 0 Å². The van der Waals surface area contributed by atoms with Crippen molar-refractivity contribution in [1.29, 1.82) is 0 Å². The Morgan fingerprint density at radius 2 is 1.55 bits per heavy atom. The second-order valence-corrected chi connectivity index (χ2v) is 8.08. The summed E-state index contributed by atoms with van der Waals surface area (Å²) in [5.74, 6) is 0.802. The molecule has 1 nitrogen and oxygen atoms in total. The summed E-state index contributed by atoms with van der Waals surface area (Å²) in [6.45, 7) is 15.5. The van der Waals surface area contributed by atoms with Crippen LogP contribution < -0.4 is 0 Å². The summed E-state index contributed by atoms with van der Waals surface area (Å²) >= 11 is 0. The van der Waals surface area contributed by atoms with Gasteiger partial charge >= 0.3 is 0 Å². The smallest absolute Gasteiger partial charge is 0.130 e. The Morgan fingerprint density at radius 3 is 2.10 bits per heavy atom. The lowest BCUT2D eigenvalue weighted by Crippen LogP contribution is -2.22. The van der Waals surface area contributed by atoms with Gasteiger partial charge in [0.15, 0.2) is 0 Å². The highest BCUT2D eigenvalue weighted by Gasteiger charge is 2.40. The molecule has 3 rings (SSSR count). The van der Waals surface area contributed by atoms with Crippen molar-refractivity contribution in [1.82, 2.24) is 0 Å². The van der Waals surface area contributed by atoms with Crippen LogP contribution in [0.1, 0.15) is 95.4 Å². The Kier molecular flexibility index (Phi) is 10.1. The van der Waals surface area contributed by atoms with E-state index in [2.05, 4.69) is 38.1 Å². The fraction of sp³-hybridized carbons (Fsp3) is 0.556. The van der Waals surface area contributed by atoms with Crippen LogP contribution in [-0.4, -0.2) is 11.2 Å². The van der Waals surface area contributed by atoms with Gasteiger partial charge in [-0.05, 0) is 67.7 Å². The minimum Gasteiger partial charge on any atom is -0.392 e. The predicted molar refractivity (Wildman–Crippen MR) is 124 cm³/mol. The largest absolute Gasteiger partial charge is 0.392 e. The molecule has 1 saturated carbocycles. The zero-order valence-electron chi connectivity index (χ0n) is 19.7. The van der Waals surface area contributed by atoms with E-state index < -0.39 is 5.67 Å². The lowest BCUT2D eigenvalue weighted by molar-refractivity contribution is 0.151. The number of hydrogen-bond donors (Lipinski definition) is 1. The van der Waals surface area contributed by atoms with Gasteiger partial charge in [-0.15, -0.1) is 0 Å². The Morgan fingerprint density at radius 1 is 0.966 bits per heavy atom. The molecule has 1 aliphatic carbocycles. The van der Waals surface area contributed by atoms with Crippen LogP contribution in [0.15, 0.2) is 48.5 Å². The van der Waals surface area contributed by atoms with Gasteiger partial charge in [0, 0.05) is 5.92 Å². The van der Waals surface area contributed by atoms with Gasteiger partial charge in [-0.3, -0.25) is 0 Å². The van der Waals surface area contributed by atoms with Crippen molar-refractivity contribution in [2.45, 2.75) is 91.8 Å². The molecule has 0 spiro atoms. The molecule has 1 N–H and O–H groups in total. The maximum absolute atomic E-state index is 14.5. The quantitative estimate of drug-likeness (QED) is 0.553. The second-order valence-electron chi connectivity index (χ2n) is 8.08. The van der Waals surface area contributed by atoms with Gasteiger partial charge in [-0.2, -0.15) is 0 Å². The third kappa shape index (κ3) is 6.15. The molecule has 1 fully saturated rings. The highest BCUT2D eigenvalue weighted by atomic mass is 19.1. The van der Waals surface area contributed by atoms with Gasteiger partial charge in [0.2, 0.25) is 0 Å². The summed E-state index contributed by atoms with van der Waals surface area (Å²) in [5, 5.41) is 10.7. The van der Waals surface area contributed by atoms with E-state index in [0.29, 0.717) is 17.4 Å². The number of rotatable bonds is 4. The number of alkyl halides is 1. The summed E-state index contributed by atoms with van der Waals surface area (Å²) in [6.07, 6.45) is 1.47. The number of aryl methyl sites for hydroxylation is 1. The van der Waals surface area contributed by atoms with E-state index in [-0.39, 0.29) is 12.0 Å². The Balaban J connectivity index is 0.000000989. The van der Waals surface area contributed by atoms with Gasteiger partial charge in [0.25, 0.3) is 0 Å². The highest BCUT2D eigenvalue weighted by Crippen LogP contribution is 2.48. The van der Waals surface area contributed by atoms with Gasteiger partial charge in [0.1, 0.15) is 5.67 Å². The summed E-state index contributed by atoms with van der Waals surface area (Å²) in [7, 11) is 0. The fourth-order valence-electron chi connectivity index (χ4n) is 4.38. The number of aliphatic hydroxyl groups is 1. The average molecular weight is 401 g/mol. The van der Waals surface area contributed by atoms with E-state index in [1.807, 2.05) is 52.0 Å². The third-order valence-electron chi connectivity index (χ3n) is 5.96. The second kappa shape index (κ2) is 11.5. The van der Waals surface area contributed by atoms with Crippen LogP contribution in [0.3, 0.4) is 0 Å². The Hall–Kier alpha value is -1.67. The molecular weight excluding hydrogens is 359 g/mol. The molecule has 4 unspecified atom stereocenters. The maximum atomic E-state index is 14.5. The normalized spacial score (nSPS) is 22.1. The van der Waals surface area contributed by atoms with E-state index in [4.69, 9.17) is 0 Å². The van der Waals surface area contributed by atoms with E-state index >= 15 is 0 Å². The van der Waals surface area contributed by atoms with Crippen LogP contribution in [0.25, 0.3) is 0 Å². The number of halogens is 1. The average Bonchev–Trinajstić information content (AvgIpc) is 3.12. The molecule has 0 amide bonds. The molecule has 0 aliphatic heterocycles. The van der Waals surface area contributed by atoms with Gasteiger partial charge < -0.3 is 5.11 Å². The monoisotopic (exact) mass is 400 g/mol. The van der Waals surface area contributed by atoms with Crippen molar-refractivity contribution in [3.05, 3.63) is 70.8 Å². The van der Waals surface area contributed by atoms with Crippen molar-refractivity contribution in [3.8, 4) is 0 Å². The molecule has 2 aromatic carbocycles. The highest BCUT2D eigenvalue weighted by molar-refractivity contribution is 5.38. The van der Waals surface area contributed by atoms with Gasteiger partial charge in [0.05, 0.1) is 6.10 Å². The van der Waals surface area contributed by atoms with Crippen molar-refractivity contribution in [2.75, 3.05) is 0 Å². The zero-order chi connectivity index (χ0) is 22.2. The summed E-state index contributed by atoms with van der Waals surface area (Å²) in [4.78, 5) is 0. The standard InChI is InChI=1S/C23H29FO.2C2H6/c1-15-10-11-18(23(3,4)24)14-20(15)22-19(12-13-21(22)25)16(2)17-8-6-5-7-9-17;2*1-2/h5-11,14,16,19,21-22,25H,12-13H2,1-4H3;2*1-2H3. The third-order valence-corrected chi connectivity index (χ3v) is 5.96. The lowest BCUT2D eigenvalue weighted by atomic mass is 9.75. The number of benzene rings is 2. The first-order chi connectivity index (χ1) is 13.8. The first kappa shape index (κ1) is 25.4. The van der Waals surface area contributed by atoms with E-state index in [0.717, 1.165) is 24.0 Å². The molecule has 0 saturated heterocycles. The molecule has 4 atom stereocenters. The van der Waals surface area contributed by atoms with E-state index in [1.54, 1.807) is 13.8 Å². The van der Waals surface area contributed by atoms with Crippen molar-refractivity contribution < 1.29 is 9.50 Å². The summed E-state index contributed by atoms with van der Waals surface area (Å²) < 4.78 is 14.5. The minimum absolute atomic E-state index is 0.0671. The van der Waals surface area contributed by atoms with Gasteiger partial charge in [-0.1, -0.05) is 83.1 Å². The van der Waals surface area contributed by atoms with Gasteiger partial charge in [-0.25, -0.2) is 4.39 Å². The van der Waals surface area contributed by atoms with Crippen LogP contribution in [0.2, 0.25) is 0 Å². The molecule has 162 valence electrons. The van der Waals surface area contributed by atoms with Crippen LogP contribution in [0.5, 0.6) is 0 Å². The van der Waals surface area contributed by atoms with Crippen LogP contribution >= 0.6 is 0 Å². The molecule has 0 aromatic heterocycles. The zero-order valence-corrected chi connectivity index (χ0v) is 19.7. The molecule has 2 heteroatoms. The molecule has 0 radical (unpaired) electrons. The fourth-order valence-corrected chi connectivity index (χ4v) is 4.38. The molecule has 0 heterocycles. The van der Waals surface area contributed by atoms with Crippen molar-refractivity contribution in [2.24, 2.45) is 5.92 Å². The summed E-state index contributed by atoms with van der Waals surface area (Å²) in [6, 6.07) is 16.4. The number of hydrogen-bond acceptors (Lipinski definition) is 1. The van der Waals surface area contributed by atoms with Crippen LogP contribution in [0.4, 0.5) is 4.39 Å². The SMILES string of the molecule is CC.CC.Cc1ccc(C(C)(C)F)cc1C1C(O)CCC1C(C)c1ccccc1. The Bertz CT molecular complexity index is 717. The molecule has 1 aliphatic rings. The Labute approximate surface area is 178 Å². The van der Waals surface area contributed by atoms with Crippen molar-refractivity contribution >= 4 is 0 Å². The molecule has 29 heavy (non-hydrogen) atoms. The van der Waals surface area contributed by atoms with Crippen LogP contribution in [0, 0.1) is 12.8 Å². The first-order valence-corrected chi connectivity index (χ1v) is 11.3. The lowest BCUT2D eigenvalue weighted by Gasteiger charge is -2.30.